The second-order valence-electron chi connectivity index (χ2n) is 3.00. The first-order valence-electron chi connectivity index (χ1n) is 4.28. The molecule has 0 unspecified atom stereocenters. The van der Waals surface area contributed by atoms with Gasteiger partial charge < -0.3 is 0 Å². The smallest absolute Gasteiger partial charge is 0.211 e. The molecule has 1 aromatic heterocycles. The fourth-order valence-corrected chi connectivity index (χ4v) is 1.41. The lowest BCUT2D eigenvalue weighted by Gasteiger charge is -2.18. The quantitative estimate of drug-likeness (QED) is 0.645. The molecule has 2 rings (SSSR count). The molecule has 66 valence electrons. The van der Waals surface area contributed by atoms with Crippen LogP contribution in [0.5, 0.6) is 0 Å². The third-order valence-electron chi connectivity index (χ3n) is 2.09. The minimum atomic E-state index is 0.228. The molecule has 1 aliphatic heterocycles. The van der Waals surface area contributed by atoms with Crippen LogP contribution in [0.25, 0.3) is 0 Å². The lowest BCUT2D eigenvalue weighted by Crippen LogP contribution is -2.66. The zero-order chi connectivity index (χ0) is 9.10. The first-order valence-corrected chi connectivity index (χ1v) is 4.28. The number of aromatic amines is 1. The predicted molar refractivity (Wildman–Crippen MR) is 48.7 cm³/mol. The number of hydrogen-bond acceptors (Lipinski definition) is 1. The van der Waals surface area contributed by atoms with E-state index in [9.17, 15) is 0 Å². The van der Waals surface area contributed by atoms with Crippen LogP contribution in [-0.4, -0.2) is 5.01 Å². The van der Waals surface area contributed by atoms with Gasteiger partial charge >= 0.3 is 0 Å². The van der Waals surface area contributed by atoms with Crippen molar-refractivity contribution in [1.29, 1.82) is 0 Å². The van der Waals surface area contributed by atoms with Crippen LogP contribution in [0.3, 0.4) is 0 Å². The van der Waals surface area contributed by atoms with E-state index < -0.39 is 0 Å². The SMILES string of the molecule is [NH3+]N1C=CC=C[C@@H]1c1cccc[nH+]1. The summed E-state index contributed by atoms with van der Waals surface area (Å²) in [5.74, 6) is 3.93. The van der Waals surface area contributed by atoms with E-state index in [1.807, 2.05) is 41.7 Å². The highest BCUT2D eigenvalue weighted by molar-refractivity contribution is 5.17. The van der Waals surface area contributed by atoms with E-state index >= 15 is 0 Å². The van der Waals surface area contributed by atoms with Crippen molar-refractivity contribution >= 4 is 0 Å². The van der Waals surface area contributed by atoms with Crippen LogP contribution in [0.1, 0.15) is 11.7 Å². The largest absolute Gasteiger partial charge is 0.255 e. The van der Waals surface area contributed by atoms with Gasteiger partial charge in [-0.2, -0.15) is 0 Å². The van der Waals surface area contributed by atoms with Crippen molar-refractivity contribution in [2.24, 2.45) is 0 Å². The van der Waals surface area contributed by atoms with Gasteiger partial charge in [-0.15, -0.1) is 0 Å². The van der Waals surface area contributed by atoms with Gasteiger partial charge in [-0.05, 0) is 12.2 Å². The summed E-state index contributed by atoms with van der Waals surface area (Å²) in [5, 5.41) is 1.92. The summed E-state index contributed by atoms with van der Waals surface area (Å²) >= 11 is 0. The molecule has 0 spiro atoms. The van der Waals surface area contributed by atoms with E-state index in [2.05, 4.69) is 23.0 Å². The van der Waals surface area contributed by atoms with Crippen LogP contribution in [0, 0.1) is 0 Å². The van der Waals surface area contributed by atoms with Gasteiger partial charge in [0.05, 0.1) is 6.20 Å². The molecule has 0 saturated heterocycles. The van der Waals surface area contributed by atoms with Crippen molar-refractivity contribution in [2.75, 3.05) is 0 Å². The molecule has 1 aliphatic rings. The van der Waals surface area contributed by atoms with E-state index in [0.29, 0.717) is 0 Å². The minimum Gasteiger partial charge on any atom is -0.255 e. The lowest BCUT2D eigenvalue weighted by molar-refractivity contribution is -0.571. The summed E-state index contributed by atoms with van der Waals surface area (Å²) in [6, 6.07) is 6.28. The molecule has 0 aromatic carbocycles. The Morgan fingerprint density at radius 3 is 2.92 bits per heavy atom. The molecule has 1 atom stereocenters. The Balaban J connectivity index is 2.27. The second-order valence-corrected chi connectivity index (χ2v) is 3.00. The highest BCUT2D eigenvalue weighted by Crippen LogP contribution is 2.16. The van der Waals surface area contributed by atoms with Gasteiger partial charge in [0.25, 0.3) is 0 Å². The molecule has 0 amide bonds. The fourth-order valence-electron chi connectivity index (χ4n) is 1.41. The van der Waals surface area contributed by atoms with Crippen LogP contribution in [0.2, 0.25) is 0 Å². The molecular weight excluding hydrogens is 162 g/mol. The van der Waals surface area contributed by atoms with E-state index in [0.717, 1.165) is 5.69 Å². The van der Waals surface area contributed by atoms with Crippen molar-refractivity contribution in [3.63, 3.8) is 0 Å². The van der Waals surface area contributed by atoms with Crippen LogP contribution >= 0.6 is 0 Å². The molecule has 4 N–H and O–H groups in total. The molecule has 0 aliphatic carbocycles. The summed E-state index contributed by atoms with van der Waals surface area (Å²) in [4.78, 5) is 3.20. The van der Waals surface area contributed by atoms with Crippen LogP contribution < -0.4 is 10.8 Å². The van der Waals surface area contributed by atoms with Gasteiger partial charge in [0, 0.05) is 12.1 Å². The molecule has 0 radical (unpaired) electrons. The van der Waals surface area contributed by atoms with Crippen molar-refractivity contribution < 1.29 is 10.8 Å². The molecular formula is C10H13N3+2. The predicted octanol–water partition coefficient (Wildman–Crippen LogP) is 0.0842. The molecule has 0 bridgehead atoms. The van der Waals surface area contributed by atoms with Crippen molar-refractivity contribution in [1.82, 2.24) is 5.01 Å². The minimum absolute atomic E-state index is 0.228. The van der Waals surface area contributed by atoms with Gasteiger partial charge in [0.1, 0.15) is 0 Å². The lowest BCUT2D eigenvalue weighted by atomic mass is 10.1. The average molecular weight is 175 g/mol. The first kappa shape index (κ1) is 8.01. The average Bonchev–Trinajstić information content (AvgIpc) is 2.20. The number of hydrogen-bond donors (Lipinski definition) is 1. The Hall–Kier alpha value is -1.61. The molecule has 0 saturated carbocycles. The molecule has 3 heteroatoms. The highest BCUT2D eigenvalue weighted by Gasteiger charge is 2.21. The van der Waals surface area contributed by atoms with E-state index in [4.69, 9.17) is 0 Å². The Labute approximate surface area is 77.2 Å². The van der Waals surface area contributed by atoms with Crippen LogP contribution in [0.4, 0.5) is 0 Å². The van der Waals surface area contributed by atoms with Crippen LogP contribution in [0.15, 0.2) is 48.8 Å². The van der Waals surface area contributed by atoms with Crippen molar-refractivity contribution in [3.8, 4) is 0 Å². The summed E-state index contributed by atoms with van der Waals surface area (Å²) in [6.45, 7) is 0. The van der Waals surface area contributed by atoms with E-state index in [1.54, 1.807) is 0 Å². The molecule has 0 fully saturated rings. The third kappa shape index (κ3) is 1.60. The topological polar surface area (TPSA) is 45.0 Å². The maximum Gasteiger partial charge on any atom is 0.211 e. The first-order chi connectivity index (χ1) is 6.38. The summed E-state index contributed by atoms with van der Waals surface area (Å²) in [5.41, 5.74) is 1.15. The maximum absolute atomic E-state index is 3.93. The summed E-state index contributed by atoms with van der Waals surface area (Å²) < 4.78 is 0. The normalized spacial score (nSPS) is 20.7. The number of nitrogens with one attached hydrogen (secondary N) is 1. The monoisotopic (exact) mass is 175 g/mol. The zero-order valence-electron chi connectivity index (χ0n) is 7.35. The Bertz CT molecular complexity index is 329. The van der Waals surface area contributed by atoms with E-state index in [-0.39, 0.29) is 6.04 Å². The van der Waals surface area contributed by atoms with Gasteiger partial charge in [0.2, 0.25) is 5.69 Å². The highest BCUT2D eigenvalue weighted by atomic mass is 15.4. The van der Waals surface area contributed by atoms with Gasteiger partial charge in [-0.1, -0.05) is 12.1 Å². The number of pyridine rings is 1. The number of aromatic nitrogens is 1. The third-order valence-corrected chi connectivity index (χ3v) is 2.09. The number of allylic oxidation sites excluding steroid dienone is 2. The Morgan fingerprint density at radius 1 is 1.31 bits per heavy atom. The summed E-state index contributed by atoms with van der Waals surface area (Å²) in [7, 11) is 0. The number of rotatable bonds is 1. The number of nitrogens with zero attached hydrogens (tertiary/aromatic N) is 1. The van der Waals surface area contributed by atoms with Crippen molar-refractivity contribution in [3.05, 3.63) is 54.5 Å². The molecule has 3 nitrogen and oxygen atoms in total. The summed E-state index contributed by atoms with van der Waals surface area (Å²) in [6.07, 6.45) is 10.0. The van der Waals surface area contributed by atoms with Gasteiger partial charge in [-0.3, -0.25) is 5.84 Å². The second kappa shape index (κ2) is 3.41. The number of quaternary nitrogens is 1. The molecule has 1 aromatic rings. The Kier molecular flexibility index (Phi) is 2.10. The Morgan fingerprint density at radius 2 is 2.23 bits per heavy atom. The van der Waals surface area contributed by atoms with Crippen LogP contribution in [-0.2, 0) is 0 Å². The van der Waals surface area contributed by atoms with Gasteiger partial charge in [-0.25, -0.2) is 9.99 Å². The zero-order valence-corrected chi connectivity index (χ0v) is 7.35. The molecule has 13 heavy (non-hydrogen) atoms. The standard InChI is InChI=1S/C10H11N3/c11-13-8-4-2-6-10(13)9-5-1-3-7-12-9/h1-8,10H,11H2/p+2/t10-/m1/s1. The van der Waals surface area contributed by atoms with Crippen molar-refractivity contribution in [2.45, 2.75) is 6.04 Å². The van der Waals surface area contributed by atoms with Gasteiger partial charge in [0.15, 0.2) is 12.2 Å². The fraction of sp³-hybridized carbons (Fsp3) is 0.100. The van der Waals surface area contributed by atoms with E-state index in [1.165, 1.54) is 0 Å². The number of H-pyrrole nitrogens is 1. The molecule has 2 heterocycles. The maximum atomic E-state index is 3.93.